The average molecular weight is 487 g/mol. The molecule has 0 aromatic carbocycles. The Morgan fingerprint density at radius 3 is 2.60 bits per heavy atom. The van der Waals surface area contributed by atoms with Crippen LogP contribution in [0.25, 0.3) is 0 Å². The van der Waals surface area contributed by atoms with E-state index < -0.39 is 0 Å². The van der Waals surface area contributed by atoms with E-state index in [1.165, 1.54) is 25.7 Å². The quantitative estimate of drug-likeness (QED) is 0.443. The van der Waals surface area contributed by atoms with Gasteiger partial charge in [0.25, 0.3) is 6.47 Å². The number of nitrogens with one attached hydrogen (secondary N) is 1. The minimum atomic E-state index is -0.211. The standard InChI is InChI=1S/C29H46N2O4/c1-5-20-24-15-19(33)10-12-29(24,4)23-11-13-28(3)21(8-9-22(28)26(23)27(20)35-16-32)17(2)6-7-18-14-25(34)31-30-18/h14,16-17,19-24,26-27,33H,5-13,15H2,1-4H3,(H2,30,31,34)/t17-,19-,20-,21-,22+,23+,24+,26+,27+,28-,29-/m1/s1. The minimum absolute atomic E-state index is 0.0170. The number of carbonyl (C=O) groups excluding carboxylic acids is 1. The van der Waals surface area contributed by atoms with Crippen LogP contribution in [0.2, 0.25) is 0 Å². The first-order valence-corrected chi connectivity index (χ1v) is 14.2. The van der Waals surface area contributed by atoms with Gasteiger partial charge in [-0.15, -0.1) is 0 Å². The third-order valence-electron chi connectivity index (χ3n) is 11.8. The van der Waals surface area contributed by atoms with Gasteiger partial charge in [-0.2, -0.15) is 5.10 Å². The molecule has 0 bridgehead atoms. The van der Waals surface area contributed by atoms with Crippen LogP contribution >= 0.6 is 0 Å². The van der Waals surface area contributed by atoms with E-state index in [-0.39, 0.29) is 28.9 Å². The molecular weight excluding hydrogens is 440 g/mol. The predicted molar refractivity (Wildman–Crippen MR) is 134 cm³/mol. The number of carbonyl (C=O) groups is 1. The molecule has 6 nitrogen and oxygen atoms in total. The maximum Gasteiger partial charge on any atom is 0.293 e. The normalized spacial score (nSPS) is 45.7. The third kappa shape index (κ3) is 4.02. The Labute approximate surface area is 210 Å². The minimum Gasteiger partial charge on any atom is -0.494 e. The molecule has 0 unspecified atom stereocenters. The molecule has 1 heterocycles. The SMILES string of the molecule is CC[C@H]1[C@H](OC=O)[C@@H]2[C@H](CC[C@]3(C)[C@@H]([C@H](C)CCc4cc(O)[nH]n4)CC[C@@H]23)[C@@]2(C)CC[C@@H](O)C[C@@H]12. The molecule has 4 aliphatic carbocycles. The monoisotopic (exact) mass is 486 g/mol. The highest BCUT2D eigenvalue weighted by Crippen LogP contribution is 2.70. The molecule has 35 heavy (non-hydrogen) atoms. The number of aromatic nitrogens is 2. The summed E-state index contributed by atoms with van der Waals surface area (Å²) in [5.74, 6) is 3.77. The molecule has 0 saturated heterocycles. The Morgan fingerprint density at radius 2 is 1.91 bits per heavy atom. The van der Waals surface area contributed by atoms with Crippen LogP contribution in [-0.2, 0) is 16.0 Å². The third-order valence-corrected chi connectivity index (χ3v) is 11.8. The van der Waals surface area contributed by atoms with Crippen molar-refractivity contribution in [3.05, 3.63) is 11.8 Å². The number of aromatic hydroxyl groups is 1. The van der Waals surface area contributed by atoms with E-state index in [1.54, 1.807) is 6.07 Å². The lowest BCUT2D eigenvalue weighted by Crippen LogP contribution is -2.62. The molecule has 196 valence electrons. The molecule has 4 fully saturated rings. The second kappa shape index (κ2) is 9.39. The molecule has 6 heteroatoms. The van der Waals surface area contributed by atoms with Crippen molar-refractivity contribution < 1.29 is 19.7 Å². The lowest BCUT2D eigenvalue weighted by Gasteiger charge is -2.65. The van der Waals surface area contributed by atoms with E-state index >= 15 is 0 Å². The summed E-state index contributed by atoms with van der Waals surface area (Å²) >= 11 is 0. The van der Waals surface area contributed by atoms with Gasteiger partial charge in [0.2, 0.25) is 5.88 Å². The van der Waals surface area contributed by atoms with Crippen molar-refractivity contribution in [3.8, 4) is 5.88 Å². The summed E-state index contributed by atoms with van der Waals surface area (Å²) in [5.41, 5.74) is 1.45. The van der Waals surface area contributed by atoms with Crippen molar-refractivity contribution in [1.82, 2.24) is 10.2 Å². The number of hydrogen-bond donors (Lipinski definition) is 3. The Hall–Kier alpha value is -1.56. The van der Waals surface area contributed by atoms with Gasteiger partial charge in [-0.05, 0) is 111 Å². The van der Waals surface area contributed by atoms with E-state index in [4.69, 9.17) is 4.74 Å². The molecular formula is C29H46N2O4. The van der Waals surface area contributed by atoms with Crippen LogP contribution in [0.15, 0.2) is 6.07 Å². The van der Waals surface area contributed by atoms with Crippen molar-refractivity contribution in [1.29, 1.82) is 0 Å². The number of hydrogen-bond acceptors (Lipinski definition) is 5. The van der Waals surface area contributed by atoms with Crippen LogP contribution in [-0.4, -0.2) is 39.1 Å². The topological polar surface area (TPSA) is 95.4 Å². The van der Waals surface area contributed by atoms with E-state index in [1.807, 2.05) is 0 Å². The van der Waals surface area contributed by atoms with Crippen molar-refractivity contribution in [2.24, 2.45) is 52.3 Å². The van der Waals surface area contributed by atoms with Gasteiger partial charge in [0.05, 0.1) is 11.8 Å². The maximum atomic E-state index is 11.8. The van der Waals surface area contributed by atoms with Crippen LogP contribution in [0, 0.1) is 52.3 Å². The zero-order chi connectivity index (χ0) is 25.0. The first kappa shape index (κ1) is 25.1. The largest absolute Gasteiger partial charge is 0.494 e. The number of aryl methyl sites for hydroxylation is 1. The van der Waals surface area contributed by atoms with Crippen LogP contribution in [0.5, 0.6) is 5.88 Å². The van der Waals surface area contributed by atoms with Crippen LogP contribution < -0.4 is 0 Å². The second-order valence-corrected chi connectivity index (χ2v) is 13.1. The second-order valence-electron chi connectivity index (χ2n) is 13.1. The lowest BCUT2D eigenvalue weighted by molar-refractivity contribution is -0.212. The highest BCUT2D eigenvalue weighted by Gasteiger charge is 2.65. The van der Waals surface area contributed by atoms with Crippen molar-refractivity contribution in [3.63, 3.8) is 0 Å². The lowest BCUT2D eigenvalue weighted by atomic mass is 9.41. The average Bonchev–Trinajstić information content (AvgIpc) is 3.41. The molecule has 11 atom stereocenters. The fourth-order valence-electron chi connectivity index (χ4n) is 10.2. The Bertz CT molecular complexity index is 903. The summed E-state index contributed by atoms with van der Waals surface area (Å²) in [7, 11) is 0. The van der Waals surface area contributed by atoms with Gasteiger partial charge in [0, 0.05) is 12.0 Å². The van der Waals surface area contributed by atoms with Gasteiger partial charge < -0.3 is 14.9 Å². The van der Waals surface area contributed by atoms with Crippen molar-refractivity contribution in [2.75, 3.05) is 0 Å². The molecule has 5 rings (SSSR count). The summed E-state index contributed by atoms with van der Waals surface area (Å²) in [5, 5.41) is 27.0. The first-order chi connectivity index (χ1) is 16.7. The van der Waals surface area contributed by atoms with Crippen LogP contribution in [0.3, 0.4) is 0 Å². The fraction of sp³-hybridized carbons (Fsp3) is 0.862. The highest BCUT2D eigenvalue weighted by molar-refractivity contribution is 5.38. The van der Waals surface area contributed by atoms with Gasteiger partial charge >= 0.3 is 0 Å². The van der Waals surface area contributed by atoms with Crippen molar-refractivity contribution in [2.45, 2.75) is 104 Å². The molecule has 0 radical (unpaired) electrons. The molecule has 3 N–H and O–H groups in total. The van der Waals surface area contributed by atoms with E-state index in [0.717, 1.165) is 44.2 Å². The van der Waals surface area contributed by atoms with Gasteiger partial charge in [-0.1, -0.05) is 27.7 Å². The number of rotatable bonds is 7. The molecule has 4 saturated carbocycles. The van der Waals surface area contributed by atoms with Crippen LogP contribution in [0.4, 0.5) is 0 Å². The number of aliphatic hydroxyl groups excluding tert-OH is 1. The molecule has 1 aromatic heterocycles. The summed E-state index contributed by atoms with van der Waals surface area (Å²) in [6, 6.07) is 1.74. The number of nitrogens with zero attached hydrogens (tertiary/aromatic N) is 1. The number of fused-ring (bicyclic) bond motifs is 5. The number of aromatic amines is 1. The van der Waals surface area contributed by atoms with Crippen LogP contribution in [0.1, 0.15) is 91.2 Å². The zero-order valence-electron chi connectivity index (χ0n) is 22.1. The van der Waals surface area contributed by atoms with Gasteiger partial charge in [0.15, 0.2) is 0 Å². The fourth-order valence-corrected chi connectivity index (χ4v) is 10.2. The summed E-state index contributed by atoms with van der Waals surface area (Å²) in [6.45, 7) is 10.4. The number of ether oxygens (including phenoxy) is 1. The number of aliphatic hydroxyl groups is 1. The molecule has 0 aliphatic heterocycles. The summed E-state index contributed by atoms with van der Waals surface area (Å²) < 4.78 is 6.04. The summed E-state index contributed by atoms with van der Waals surface area (Å²) in [4.78, 5) is 11.8. The van der Waals surface area contributed by atoms with E-state index in [2.05, 4.69) is 37.9 Å². The Kier molecular flexibility index (Phi) is 6.73. The zero-order valence-corrected chi connectivity index (χ0v) is 22.1. The van der Waals surface area contributed by atoms with Crippen molar-refractivity contribution >= 4 is 6.47 Å². The Morgan fingerprint density at radius 1 is 1.17 bits per heavy atom. The molecule has 4 aliphatic rings. The molecule has 1 aromatic rings. The Balaban J connectivity index is 1.41. The smallest absolute Gasteiger partial charge is 0.293 e. The predicted octanol–water partition coefficient (Wildman–Crippen LogP) is 5.49. The number of H-pyrrole nitrogens is 1. The maximum absolute atomic E-state index is 11.8. The van der Waals surface area contributed by atoms with Gasteiger partial charge in [-0.25, -0.2) is 5.10 Å². The molecule has 0 amide bonds. The van der Waals surface area contributed by atoms with E-state index in [9.17, 15) is 15.0 Å². The van der Waals surface area contributed by atoms with E-state index in [0.29, 0.717) is 47.9 Å². The molecule has 0 spiro atoms. The highest BCUT2D eigenvalue weighted by atomic mass is 16.5. The van der Waals surface area contributed by atoms with Gasteiger partial charge in [-0.3, -0.25) is 4.79 Å². The summed E-state index contributed by atoms with van der Waals surface area (Å²) in [6.07, 6.45) is 10.6. The van der Waals surface area contributed by atoms with Gasteiger partial charge in [0.1, 0.15) is 6.10 Å². The first-order valence-electron chi connectivity index (χ1n) is 14.2.